The molecule has 0 aliphatic rings. The second-order valence-electron chi connectivity index (χ2n) is 1.70. The SMILES string of the molecule is C=O.C=O.C=O.C=O.C=O.CCCCCOC.[Cr]. The van der Waals surface area contributed by atoms with Crippen molar-refractivity contribution >= 4 is 33.9 Å². The van der Waals surface area contributed by atoms with Crippen LogP contribution in [0.3, 0.4) is 0 Å². The van der Waals surface area contributed by atoms with E-state index in [4.69, 9.17) is 28.7 Å². The monoisotopic (exact) mass is 304 g/mol. The van der Waals surface area contributed by atoms with E-state index in [9.17, 15) is 0 Å². The fraction of sp³-hybridized carbons (Fsp3) is 0.545. The Bertz CT molecular complexity index is 72.3. The van der Waals surface area contributed by atoms with E-state index >= 15 is 0 Å². The van der Waals surface area contributed by atoms with Gasteiger partial charge >= 0.3 is 0 Å². The molecule has 0 saturated carbocycles. The van der Waals surface area contributed by atoms with Crippen molar-refractivity contribution in [2.24, 2.45) is 0 Å². The van der Waals surface area contributed by atoms with Crippen LogP contribution in [0.2, 0.25) is 0 Å². The summed E-state index contributed by atoms with van der Waals surface area (Å²) < 4.78 is 4.84. The Morgan fingerprint density at radius 2 is 1.00 bits per heavy atom. The summed E-state index contributed by atoms with van der Waals surface area (Å²) in [4.78, 5) is 40.0. The van der Waals surface area contributed by atoms with Crippen LogP contribution in [0.4, 0.5) is 0 Å². The van der Waals surface area contributed by atoms with Crippen molar-refractivity contribution in [1.29, 1.82) is 0 Å². The van der Waals surface area contributed by atoms with Crippen LogP contribution in [0.5, 0.6) is 0 Å². The minimum atomic E-state index is 0. The molecule has 110 valence electrons. The molecule has 0 fully saturated rings. The summed E-state index contributed by atoms with van der Waals surface area (Å²) >= 11 is 0. The maximum absolute atomic E-state index is 8.00. The van der Waals surface area contributed by atoms with Gasteiger partial charge in [-0.1, -0.05) is 19.8 Å². The molecule has 0 spiro atoms. The van der Waals surface area contributed by atoms with E-state index in [1.165, 1.54) is 19.3 Å². The number of carbonyl (C=O) groups excluding carboxylic acids is 5. The standard InChI is InChI=1S/C6H14O.5CH2O.Cr/c1-3-4-5-6-7-2;5*1-2;/h3-6H2,1-2H3;5*1H2;. The number of ether oxygens (including phenoxy) is 1. The first-order valence-electron chi connectivity index (χ1n) is 4.35. The molecule has 0 aromatic carbocycles. The van der Waals surface area contributed by atoms with Gasteiger partial charge in [-0.3, -0.25) is 0 Å². The third kappa shape index (κ3) is 352. The first-order chi connectivity index (χ1) is 8.41. The summed E-state index contributed by atoms with van der Waals surface area (Å²) in [5.41, 5.74) is 0. The molecule has 0 aliphatic carbocycles. The van der Waals surface area contributed by atoms with E-state index in [1.54, 1.807) is 7.11 Å². The number of methoxy groups -OCH3 is 1. The maximum atomic E-state index is 8.00. The van der Waals surface area contributed by atoms with Gasteiger partial charge < -0.3 is 28.7 Å². The first-order valence-corrected chi connectivity index (χ1v) is 4.35. The van der Waals surface area contributed by atoms with Gasteiger partial charge in [-0.15, -0.1) is 0 Å². The van der Waals surface area contributed by atoms with Crippen molar-refractivity contribution < 1.29 is 46.1 Å². The molecule has 0 amide bonds. The Morgan fingerprint density at radius 3 is 1.17 bits per heavy atom. The second-order valence-corrected chi connectivity index (χ2v) is 1.70. The zero-order valence-corrected chi connectivity index (χ0v) is 12.5. The summed E-state index contributed by atoms with van der Waals surface area (Å²) in [5.74, 6) is 0. The molecule has 0 N–H and O–H groups in total. The largest absolute Gasteiger partial charge is 0.385 e. The van der Waals surface area contributed by atoms with Gasteiger partial charge in [-0.2, -0.15) is 0 Å². The molecule has 0 unspecified atom stereocenters. The van der Waals surface area contributed by atoms with Gasteiger partial charge in [0.25, 0.3) is 0 Å². The summed E-state index contributed by atoms with van der Waals surface area (Å²) in [7, 11) is 1.75. The minimum Gasteiger partial charge on any atom is -0.385 e. The topological polar surface area (TPSA) is 94.6 Å². The van der Waals surface area contributed by atoms with E-state index < -0.39 is 0 Å². The van der Waals surface area contributed by atoms with Crippen molar-refractivity contribution in [2.75, 3.05) is 13.7 Å². The second kappa shape index (κ2) is 236. The first kappa shape index (κ1) is 43.6. The average Bonchev–Trinajstić information content (AvgIpc) is 2.50. The predicted molar refractivity (Wildman–Crippen MR) is 67.0 cm³/mol. The fourth-order valence-corrected chi connectivity index (χ4v) is 0.496. The van der Waals surface area contributed by atoms with Crippen LogP contribution in [0.15, 0.2) is 0 Å². The molecule has 0 heterocycles. The number of hydrogen-bond donors (Lipinski definition) is 0. The van der Waals surface area contributed by atoms with E-state index in [0.717, 1.165) is 6.61 Å². The molecule has 0 saturated heterocycles. The number of hydrogen-bond acceptors (Lipinski definition) is 6. The van der Waals surface area contributed by atoms with Crippen LogP contribution >= 0.6 is 0 Å². The summed E-state index contributed by atoms with van der Waals surface area (Å²) in [6.45, 7) is 13.1. The van der Waals surface area contributed by atoms with Gasteiger partial charge in [0.15, 0.2) is 0 Å². The average molecular weight is 304 g/mol. The van der Waals surface area contributed by atoms with Crippen LogP contribution in [-0.2, 0) is 46.1 Å². The molecule has 0 bridgehead atoms. The number of unbranched alkanes of at least 4 members (excludes halogenated alkanes) is 2. The molecule has 0 atom stereocenters. The van der Waals surface area contributed by atoms with Crippen LogP contribution < -0.4 is 0 Å². The van der Waals surface area contributed by atoms with Crippen molar-refractivity contribution in [3.05, 3.63) is 0 Å². The Balaban J connectivity index is -0.0000000189. The smallest absolute Gasteiger partial charge is 0.106 e. The molecular weight excluding hydrogens is 280 g/mol. The van der Waals surface area contributed by atoms with Crippen molar-refractivity contribution in [3.8, 4) is 0 Å². The fourth-order valence-electron chi connectivity index (χ4n) is 0.496. The molecule has 0 rings (SSSR count). The van der Waals surface area contributed by atoms with Crippen LogP contribution in [0.25, 0.3) is 0 Å². The zero-order valence-electron chi connectivity index (χ0n) is 11.2. The molecule has 0 radical (unpaired) electrons. The Labute approximate surface area is 120 Å². The summed E-state index contributed by atoms with van der Waals surface area (Å²) in [6, 6.07) is 0. The molecule has 0 aromatic rings. The third-order valence-corrected chi connectivity index (χ3v) is 0.952. The predicted octanol–water partition coefficient (Wildman–Crippen LogP) is 0.896. The number of carbonyl (C=O) groups is 5. The summed E-state index contributed by atoms with van der Waals surface area (Å²) in [5, 5.41) is 0. The summed E-state index contributed by atoms with van der Waals surface area (Å²) in [6.07, 6.45) is 3.80. The number of rotatable bonds is 4. The van der Waals surface area contributed by atoms with Crippen LogP contribution in [-0.4, -0.2) is 47.7 Å². The molecule has 6 nitrogen and oxygen atoms in total. The van der Waals surface area contributed by atoms with Gasteiger partial charge in [0.2, 0.25) is 0 Å². The minimum absolute atomic E-state index is 0. The van der Waals surface area contributed by atoms with Gasteiger partial charge in [-0.25, -0.2) is 0 Å². The van der Waals surface area contributed by atoms with E-state index in [-0.39, 0.29) is 17.4 Å². The van der Waals surface area contributed by atoms with Gasteiger partial charge in [0.1, 0.15) is 33.9 Å². The molecule has 18 heavy (non-hydrogen) atoms. The molecule has 0 aliphatic heterocycles. The van der Waals surface area contributed by atoms with Gasteiger partial charge in [-0.05, 0) is 6.42 Å². The molecule has 7 heteroatoms. The molecular formula is C11H24CrO6. The normalized spacial score (nSPS) is 4.78. The molecule has 0 aromatic heterocycles. The van der Waals surface area contributed by atoms with Gasteiger partial charge in [0, 0.05) is 31.1 Å². The Hall–Kier alpha value is -1.16. The maximum Gasteiger partial charge on any atom is 0.106 e. The van der Waals surface area contributed by atoms with Crippen LogP contribution in [0, 0.1) is 0 Å². The van der Waals surface area contributed by atoms with Crippen molar-refractivity contribution in [1.82, 2.24) is 0 Å². The van der Waals surface area contributed by atoms with E-state index in [0.29, 0.717) is 0 Å². The van der Waals surface area contributed by atoms with Crippen molar-refractivity contribution in [3.63, 3.8) is 0 Å². The van der Waals surface area contributed by atoms with Gasteiger partial charge in [0.05, 0.1) is 0 Å². The zero-order chi connectivity index (χ0) is 15.5. The Morgan fingerprint density at radius 1 is 0.722 bits per heavy atom. The third-order valence-electron chi connectivity index (χ3n) is 0.952. The van der Waals surface area contributed by atoms with Crippen LogP contribution in [0.1, 0.15) is 26.2 Å². The van der Waals surface area contributed by atoms with Crippen molar-refractivity contribution in [2.45, 2.75) is 26.2 Å². The van der Waals surface area contributed by atoms with E-state index in [2.05, 4.69) is 6.92 Å². The quantitative estimate of drug-likeness (QED) is 0.716. The Kier molecular flexibility index (Phi) is 573. The van der Waals surface area contributed by atoms with E-state index in [1.807, 2.05) is 33.9 Å².